The van der Waals surface area contributed by atoms with Gasteiger partial charge in [-0.15, -0.1) is 0 Å². The number of halogens is 2. The Morgan fingerprint density at radius 1 is 1.29 bits per heavy atom. The number of carbonyl (C=O) groups is 1. The Balaban J connectivity index is 2.52. The van der Waals surface area contributed by atoms with Gasteiger partial charge < -0.3 is 4.74 Å². The van der Waals surface area contributed by atoms with Crippen molar-refractivity contribution in [1.82, 2.24) is 9.55 Å². The van der Waals surface area contributed by atoms with Crippen molar-refractivity contribution < 1.29 is 18.3 Å². The molecule has 1 aromatic heterocycles. The second-order valence-corrected chi connectivity index (χ2v) is 4.48. The molecular weight excluding hydrogens is 278 g/mol. The normalized spacial score (nSPS) is 10.7. The van der Waals surface area contributed by atoms with Crippen LogP contribution in [0.25, 0.3) is 5.69 Å². The van der Waals surface area contributed by atoms with Crippen LogP contribution in [0.3, 0.4) is 0 Å². The van der Waals surface area contributed by atoms with Crippen LogP contribution in [-0.4, -0.2) is 22.1 Å². The summed E-state index contributed by atoms with van der Waals surface area (Å²) in [5.41, 5.74) is 1.16. The number of esters is 1. The van der Waals surface area contributed by atoms with Gasteiger partial charge in [-0.05, 0) is 25.5 Å². The SMILES string of the molecule is CCCc1ncn(-c2ccc(F)c(F)c2)c1C(=O)OCC. The molecule has 2 rings (SSSR count). The van der Waals surface area contributed by atoms with Gasteiger partial charge in [-0.25, -0.2) is 18.6 Å². The Labute approximate surface area is 121 Å². The summed E-state index contributed by atoms with van der Waals surface area (Å²) in [6, 6.07) is 3.42. The van der Waals surface area contributed by atoms with Gasteiger partial charge in [-0.1, -0.05) is 13.3 Å². The molecule has 0 aliphatic heterocycles. The number of ether oxygens (including phenoxy) is 1. The van der Waals surface area contributed by atoms with Gasteiger partial charge in [-0.2, -0.15) is 0 Å². The lowest BCUT2D eigenvalue weighted by molar-refractivity contribution is 0.0515. The van der Waals surface area contributed by atoms with E-state index < -0.39 is 17.6 Å². The zero-order chi connectivity index (χ0) is 15.4. The quantitative estimate of drug-likeness (QED) is 0.795. The first kappa shape index (κ1) is 15.2. The highest BCUT2D eigenvalue weighted by Crippen LogP contribution is 2.19. The summed E-state index contributed by atoms with van der Waals surface area (Å²) in [5, 5.41) is 0. The van der Waals surface area contributed by atoms with Gasteiger partial charge in [0.1, 0.15) is 6.33 Å². The maximum absolute atomic E-state index is 13.4. The number of aryl methyl sites for hydroxylation is 1. The van der Waals surface area contributed by atoms with Crippen molar-refractivity contribution in [3.05, 3.63) is 47.5 Å². The van der Waals surface area contributed by atoms with Gasteiger partial charge in [0.05, 0.1) is 18.0 Å². The van der Waals surface area contributed by atoms with Crippen LogP contribution in [-0.2, 0) is 11.2 Å². The van der Waals surface area contributed by atoms with Crippen LogP contribution < -0.4 is 0 Å². The van der Waals surface area contributed by atoms with E-state index in [0.717, 1.165) is 18.6 Å². The van der Waals surface area contributed by atoms with Crippen LogP contribution in [0.2, 0.25) is 0 Å². The van der Waals surface area contributed by atoms with Crippen molar-refractivity contribution >= 4 is 5.97 Å². The van der Waals surface area contributed by atoms with Gasteiger partial charge in [0, 0.05) is 6.07 Å². The number of hydrogen-bond acceptors (Lipinski definition) is 3. The molecule has 0 fully saturated rings. The number of hydrogen-bond donors (Lipinski definition) is 0. The molecule has 0 atom stereocenters. The smallest absolute Gasteiger partial charge is 0.357 e. The molecule has 21 heavy (non-hydrogen) atoms. The molecule has 6 heteroatoms. The lowest BCUT2D eigenvalue weighted by Gasteiger charge is -2.09. The molecule has 0 bridgehead atoms. The standard InChI is InChI=1S/C15H16F2N2O2/c1-3-5-13-14(15(20)21-4-2)19(9-18-13)10-6-7-11(16)12(17)8-10/h6-9H,3-5H2,1-2H3. The lowest BCUT2D eigenvalue weighted by Crippen LogP contribution is -2.13. The summed E-state index contributed by atoms with van der Waals surface area (Å²) >= 11 is 0. The van der Waals surface area contributed by atoms with Crippen LogP contribution in [0.4, 0.5) is 8.78 Å². The molecule has 0 aliphatic carbocycles. The topological polar surface area (TPSA) is 44.1 Å². The Morgan fingerprint density at radius 2 is 2.05 bits per heavy atom. The van der Waals surface area contributed by atoms with Crippen LogP contribution in [0.15, 0.2) is 24.5 Å². The molecule has 0 saturated carbocycles. The molecule has 1 heterocycles. The van der Waals surface area contributed by atoms with E-state index in [4.69, 9.17) is 4.74 Å². The molecule has 0 amide bonds. The molecule has 0 radical (unpaired) electrons. The zero-order valence-corrected chi connectivity index (χ0v) is 11.9. The average molecular weight is 294 g/mol. The van der Waals surface area contributed by atoms with E-state index in [0.29, 0.717) is 17.8 Å². The molecule has 1 aromatic carbocycles. The minimum absolute atomic E-state index is 0.230. The third-order valence-electron chi connectivity index (χ3n) is 2.98. The van der Waals surface area contributed by atoms with Gasteiger partial charge >= 0.3 is 5.97 Å². The van der Waals surface area contributed by atoms with Crippen LogP contribution in [0, 0.1) is 11.6 Å². The first-order valence-corrected chi connectivity index (χ1v) is 6.77. The molecule has 2 aromatic rings. The van der Waals surface area contributed by atoms with Gasteiger partial charge in [0.15, 0.2) is 17.3 Å². The minimum Gasteiger partial charge on any atom is -0.461 e. The van der Waals surface area contributed by atoms with E-state index in [-0.39, 0.29) is 12.3 Å². The fraction of sp³-hybridized carbons (Fsp3) is 0.333. The number of rotatable bonds is 5. The predicted octanol–water partition coefficient (Wildman–Crippen LogP) is 3.28. The zero-order valence-electron chi connectivity index (χ0n) is 11.9. The molecule has 0 aliphatic rings. The van der Waals surface area contributed by atoms with E-state index in [2.05, 4.69) is 4.98 Å². The highest BCUT2D eigenvalue weighted by molar-refractivity contribution is 5.89. The summed E-state index contributed by atoms with van der Waals surface area (Å²) in [6.45, 7) is 3.90. The van der Waals surface area contributed by atoms with E-state index in [9.17, 15) is 13.6 Å². The van der Waals surface area contributed by atoms with Crippen LogP contribution in [0.5, 0.6) is 0 Å². The monoisotopic (exact) mass is 294 g/mol. The molecule has 0 spiro atoms. The summed E-state index contributed by atoms with van der Waals surface area (Å²) in [6.07, 6.45) is 2.83. The van der Waals surface area contributed by atoms with Crippen molar-refractivity contribution in [2.75, 3.05) is 6.61 Å². The number of benzene rings is 1. The van der Waals surface area contributed by atoms with Crippen LogP contribution >= 0.6 is 0 Å². The number of aromatic nitrogens is 2. The molecule has 0 saturated heterocycles. The second-order valence-electron chi connectivity index (χ2n) is 4.48. The lowest BCUT2D eigenvalue weighted by atomic mass is 10.2. The first-order chi connectivity index (χ1) is 10.1. The van der Waals surface area contributed by atoms with Crippen molar-refractivity contribution in [3.63, 3.8) is 0 Å². The van der Waals surface area contributed by atoms with Crippen molar-refractivity contribution in [2.24, 2.45) is 0 Å². The first-order valence-electron chi connectivity index (χ1n) is 6.77. The van der Waals surface area contributed by atoms with E-state index in [1.807, 2.05) is 6.92 Å². The fourth-order valence-corrected chi connectivity index (χ4v) is 2.05. The summed E-state index contributed by atoms with van der Waals surface area (Å²) in [7, 11) is 0. The maximum atomic E-state index is 13.4. The number of nitrogens with zero attached hydrogens (tertiary/aromatic N) is 2. The third kappa shape index (κ3) is 3.09. The Morgan fingerprint density at radius 3 is 2.67 bits per heavy atom. The van der Waals surface area contributed by atoms with E-state index >= 15 is 0 Å². The van der Waals surface area contributed by atoms with Gasteiger partial charge in [0.25, 0.3) is 0 Å². The van der Waals surface area contributed by atoms with E-state index in [1.165, 1.54) is 17.0 Å². The second kappa shape index (κ2) is 6.47. The summed E-state index contributed by atoms with van der Waals surface area (Å²) in [5.74, 6) is -2.44. The molecule has 112 valence electrons. The highest BCUT2D eigenvalue weighted by atomic mass is 19.2. The minimum atomic E-state index is -0.979. The Hall–Kier alpha value is -2.24. The Kier molecular flexibility index (Phi) is 4.67. The maximum Gasteiger partial charge on any atom is 0.357 e. The van der Waals surface area contributed by atoms with Gasteiger partial charge in [0.2, 0.25) is 0 Å². The van der Waals surface area contributed by atoms with E-state index in [1.54, 1.807) is 6.92 Å². The molecule has 0 unspecified atom stereocenters. The van der Waals surface area contributed by atoms with Crippen molar-refractivity contribution in [3.8, 4) is 5.69 Å². The Bertz CT molecular complexity index is 653. The van der Waals surface area contributed by atoms with Crippen LogP contribution in [0.1, 0.15) is 36.5 Å². The fourth-order valence-electron chi connectivity index (χ4n) is 2.05. The highest BCUT2D eigenvalue weighted by Gasteiger charge is 2.20. The number of imidazole rings is 1. The number of carbonyl (C=O) groups excluding carboxylic acids is 1. The largest absolute Gasteiger partial charge is 0.461 e. The predicted molar refractivity (Wildman–Crippen MR) is 73.4 cm³/mol. The van der Waals surface area contributed by atoms with Gasteiger partial charge in [-0.3, -0.25) is 4.57 Å². The third-order valence-corrected chi connectivity index (χ3v) is 2.98. The molecular formula is C15H16F2N2O2. The van der Waals surface area contributed by atoms with Crippen molar-refractivity contribution in [1.29, 1.82) is 0 Å². The average Bonchev–Trinajstić information content (AvgIpc) is 2.86. The van der Waals surface area contributed by atoms with Crippen molar-refractivity contribution in [2.45, 2.75) is 26.7 Å². The summed E-state index contributed by atoms with van der Waals surface area (Å²) < 4.78 is 32.8. The molecule has 0 N–H and O–H groups in total. The molecule has 4 nitrogen and oxygen atoms in total. The summed E-state index contributed by atoms with van der Waals surface area (Å²) in [4.78, 5) is 16.3.